The fourth-order valence-electron chi connectivity index (χ4n) is 10.4. The predicted octanol–water partition coefficient (Wildman–Crippen LogP) is 2.24. The van der Waals surface area contributed by atoms with Crippen LogP contribution in [-0.2, 0) is 38.4 Å². The lowest BCUT2D eigenvalue weighted by molar-refractivity contribution is -0.145. The summed E-state index contributed by atoms with van der Waals surface area (Å²) >= 11 is 0. The zero-order valence-electron chi connectivity index (χ0n) is 46.5. The number of hydrogen-bond acceptors (Lipinski definition) is 11. The molecule has 2 saturated heterocycles. The van der Waals surface area contributed by atoms with Gasteiger partial charge in [-0.2, -0.15) is 0 Å². The average molecular weight is 1030 g/mol. The molecule has 74 heavy (non-hydrogen) atoms. The quantitative estimate of drug-likeness (QED) is 0.0471. The van der Waals surface area contributed by atoms with Crippen LogP contribution in [0, 0.1) is 46.3 Å². The Kier molecular flexibility index (Phi) is 24.2. The SMILES string of the molecule is CN[C@@H](C)C(=O)N[C@H](C(=O)N1CCC[C@H]1C(=O)N[C@H](C(=O)NCCC#CC#CCCNC(=O)[C@@H](NC(=O)[C@@H]1CCCN1C(=O)[C@@H](NC(=O)[C@H](C)N(C)NC)C(C)(C)C)C1CCCCC1)C1CCCCC1)C(C)(C)C. The fraction of sp³-hybridized carbons (Fsp3) is 0.782. The van der Waals surface area contributed by atoms with Gasteiger partial charge in [-0.3, -0.25) is 43.8 Å². The summed E-state index contributed by atoms with van der Waals surface area (Å²) in [5, 5.41) is 22.4. The summed E-state index contributed by atoms with van der Waals surface area (Å²) in [6.07, 6.45) is 12.0. The van der Waals surface area contributed by atoms with E-state index in [4.69, 9.17) is 0 Å². The molecular weight excluding hydrogens is 943 g/mol. The number of hydrogen-bond donors (Lipinski definition) is 8. The summed E-state index contributed by atoms with van der Waals surface area (Å²) in [6, 6.07) is -5.84. The van der Waals surface area contributed by atoms with E-state index in [9.17, 15) is 38.4 Å². The Hall–Kier alpha value is -5.24. The number of hydrazine groups is 1. The van der Waals surface area contributed by atoms with E-state index in [0.29, 0.717) is 51.6 Å². The molecule has 0 aromatic heterocycles. The highest BCUT2D eigenvalue weighted by molar-refractivity contribution is 5.97. The zero-order valence-corrected chi connectivity index (χ0v) is 46.5. The number of carbonyl (C=O) groups excluding carboxylic acids is 8. The van der Waals surface area contributed by atoms with E-state index in [-0.39, 0.29) is 72.2 Å². The lowest BCUT2D eigenvalue weighted by Crippen LogP contribution is -2.61. The summed E-state index contributed by atoms with van der Waals surface area (Å²) < 4.78 is 0. The minimum absolute atomic E-state index is 0.0449. The van der Waals surface area contributed by atoms with Gasteiger partial charge < -0.3 is 47.0 Å². The Labute approximate surface area is 441 Å². The van der Waals surface area contributed by atoms with Crippen molar-refractivity contribution in [3.63, 3.8) is 0 Å². The van der Waals surface area contributed by atoms with Crippen LogP contribution in [0.15, 0.2) is 0 Å². The van der Waals surface area contributed by atoms with Crippen molar-refractivity contribution in [1.82, 2.24) is 57.5 Å². The van der Waals surface area contributed by atoms with Gasteiger partial charge in [0.2, 0.25) is 47.3 Å². The molecule has 2 heterocycles. The topological polar surface area (TPSA) is 243 Å². The maximum Gasteiger partial charge on any atom is 0.246 e. The molecule has 414 valence electrons. The molecule has 0 radical (unpaired) electrons. The Morgan fingerprint density at radius 1 is 0.541 bits per heavy atom. The van der Waals surface area contributed by atoms with Crippen LogP contribution in [0.25, 0.3) is 0 Å². The van der Waals surface area contributed by atoms with Gasteiger partial charge in [0.1, 0.15) is 36.3 Å². The minimum Gasteiger partial charge on any atom is -0.353 e. The number of nitrogens with one attached hydrogen (secondary N) is 8. The van der Waals surface area contributed by atoms with Crippen molar-refractivity contribution in [2.75, 3.05) is 47.3 Å². The van der Waals surface area contributed by atoms with E-state index in [1.807, 2.05) is 41.5 Å². The monoisotopic (exact) mass is 1030 g/mol. The van der Waals surface area contributed by atoms with Crippen molar-refractivity contribution >= 4 is 47.3 Å². The van der Waals surface area contributed by atoms with Gasteiger partial charge in [-0.05, 0) is 114 Å². The van der Waals surface area contributed by atoms with Gasteiger partial charge in [-0.25, -0.2) is 5.01 Å². The molecule has 4 fully saturated rings. The van der Waals surface area contributed by atoms with Crippen LogP contribution < -0.4 is 42.6 Å². The van der Waals surface area contributed by atoms with Gasteiger partial charge in [-0.15, -0.1) is 0 Å². The van der Waals surface area contributed by atoms with Crippen molar-refractivity contribution in [3.8, 4) is 23.7 Å². The molecule has 4 aliphatic rings. The highest BCUT2D eigenvalue weighted by Gasteiger charge is 2.45. The van der Waals surface area contributed by atoms with Crippen molar-refractivity contribution in [3.05, 3.63) is 0 Å². The molecule has 8 amide bonds. The number of rotatable bonds is 21. The number of likely N-dealkylation sites (tertiary alicyclic amines) is 2. The smallest absolute Gasteiger partial charge is 0.246 e. The first-order chi connectivity index (χ1) is 35.0. The summed E-state index contributed by atoms with van der Waals surface area (Å²) in [4.78, 5) is 113. The molecule has 2 aliphatic carbocycles. The van der Waals surface area contributed by atoms with Gasteiger partial charge in [-0.1, -0.05) is 91.9 Å². The highest BCUT2D eigenvalue weighted by atomic mass is 16.2. The molecule has 0 unspecified atom stereocenters. The zero-order chi connectivity index (χ0) is 54.8. The Bertz CT molecular complexity index is 2070. The second-order valence-corrected chi connectivity index (χ2v) is 23.0. The van der Waals surface area contributed by atoms with Gasteiger partial charge in [0.15, 0.2) is 0 Å². The molecule has 4 rings (SSSR count). The van der Waals surface area contributed by atoms with Gasteiger partial charge in [0.05, 0.1) is 12.1 Å². The first kappa shape index (κ1) is 61.3. The molecule has 2 saturated carbocycles. The predicted molar refractivity (Wildman–Crippen MR) is 285 cm³/mol. The van der Waals surface area contributed by atoms with Gasteiger partial charge in [0.25, 0.3) is 0 Å². The molecule has 2 aliphatic heterocycles. The number of carbonyl (C=O) groups is 8. The average Bonchev–Trinajstić information content (AvgIpc) is 4.09. The largest absolute Gasteiger partial charge is 0.353 e. The Morgan fingerprint density at radius 2 is 0.932 bits per heavy atom. The summed E-state index contributed by atoms with van der Waals surface area (Å²) in [6.45, 7) is 16.0. The van der Waals surface area contributed by atoms with E-state index in [0.717, 1.165) is 64.2 Å². The maximum atomic E-state index is 14.2. The number of likely N-dealkylation sites (N-methyl/N-ethyl adjacent to an activating group) is 2. The first-order valence-corrected chi connectivity index (χ1v) is 27.4. The number of amides is 8. The van der Waals surface area contributed by atoms with Crippen molar-refractivity contribution in [2.45, 2.75) is 206 Å². The fourth-order valence-corrected chi connectivity index (χ4v) is 10.4. The van der Waals surface area contributed by atoms with E-state index < -0.39 is 59.2 Å². The van der Waals surface area contributed by atoms with Crippen molar-refractivity contribution < 1.29 is 38.4 Å². The lowest BCUT2D eigenvalue weighted by atomic mass is 9.83. The van der Waals surface area contributed by atoms with Gasteiger partial charge >= 0.3 is 0 Å². The molecule has 8 N–H and O–H groups in total. The highest BCUT2D eigenvalue weighted by Crippen LogP contribution is 2.31. The van der Waals surface area contributed by atoms with Gasteiger partial charge in [0, 0.05) is 46.1 Å². The maximum absolute atomic E-state index is 14.2. The molecule has 8 atom stereocenters. The second kappa shape index (κ2) is 29.2. The van der Waals surface area contributed by atoms with Crippen LogP contribution >= 0.6 is 0 Å². The van der Waals surface area contributed by atoms with Crippen LogP contribution in [-0.4, -0.2) is 158 Å². The third kappa shape index (κ3) is 17.7. The van der Waals surface area contributed by atoms with E-state index >= 15 is 0 Å². The molecule has 0 bridgehead atoms. The van der Waals surface area contributed by atoms with Crippen LogP contribution in [0.1, 0.15) is 158 Å². The third-order valence-corrected chi connectivity index (χ3v) is 15.4. The van der Waals surface area contributed by atoms with Crippen LogP contribution in [0.2, 0.25) is 0 Å². The van der Waals surface area contributed by atoms with Crippen LogP contribution in [0.5, 0.6) is 0 Å². The summed E-state index contributed by atoms with van der Waals surface area (Å²) in [5.41, 5.74) is 1.68. The molecular formula is C55H91N11O8. The van der Waals surface area contributed by atoms with E-state index in [2.05, 4.69) is 66.3 Å². The van der Waals surface area contributed by atoms with E-state index in [1.165, 1.54) is 0 Å². The molecule has 19 nitrogen and oxygen atoms in total. The molecule has 19 heteroatoms. The normalized spacial score (nSPS) is 21.0. The first-order valence-electron chi connectivity index (χ1n) is 27.4. The molecule has 0 aromatic carbocycles. The molecule has 0 spiro atoms. The summed E-state index contributed by atoms with van der Waals surface area (Å²) in [7, 11) is 5.13. The Balaban J connectivity index is 1.30. The van der Waals surface area contributed by atoms with Crippen LogP contribution in [0.4, 0.5) is 0 Å². The van der Waals surface area contributed by atoms with Crippen molar-refractivity contribution in [1.29, 1.82) is 0 Å². The standard InChI is InChI=1S/C55H91N11O8/c1-36(56-9)46(67)62-44(54(3,4)5)52(73)65-34-24-30-40(65)48(69)60-42(38-26-18-16-19-27-38)50(71)58-32-22-14-12-13-15-23-33-59-51(72)43(39-28-20-17-21-29-39)61-49(70)41-31-25-35-66(41)53(74)45(55(6,7)8)63-47(68)37(2)64(11)57-10/h36-45,56-57H,16-35H2,1-11H3,(H,58,71)(H,59,72)(H,60,69)(H,61,70)(H,62,67)(H,63,68)/t36-,37-,40-,41-,42-,43-,44+,45+/m0/s1. The third-order valence-electron chi connectivity index (χ3n) is 15.4. The second-order valence-electron chi connectivity index (χ2n) is 23.0. The molecule has 0 aromatic rings. The van der Waals surface area contributed by atoms with Crippen LogP contribution in [0.3, 0.4) is 0 Å². The Morgan fingerprint density at radius 3 is 1.30 bits per heavy atom. The lowest BCUT2D eigenvalue weighted by Gasteiger charge is -2.37. The minimum atomic E-state index is -0.871. The summed E-state index contributed by atoms with van der Waals surface area (Å²) in [5.74, 6) is 8.91. The van der Waals surface area contributed by atoms with Crippen molar-refractivity contribution in [2.24, 2.45) is 22.7 Å². The number of nitrogens with zero attached hydrogens (tertiary/aromatic N) is 3. The van der Waals surface area contributed by atoms with E-state index in [1.54, 1.807) is 49.8 Å².